The molecule has 1 aromatic carbocycles. The van der Waals surface area contributed by atoms with Crippen LogP contribution in [-0.4, -0.2) is 46.8 Å². The van der Waals surface area contributed by atoms with Crippen molar-refractivity contribution in [3.05, 3.63) is 35.6 Å². The van der Waals surface area contributed by atoms with Crippen LogP contribution in [0.2, 0.25) is 0 Å². The van der Waals surface area contributed by atoms with E-state index in [0.29, 0.717) is 0 Å². The average molecular weight is 327 g/mol. The molecule has 1 aromatic rings. The van der Waals surface area contributed by atoms with E-state index in [1.807, 2.05) is 4.90 Å². The Bertz CT molecular complexity index is 515. The lowest BCUT2D eigenvalue weighted by Gasteiger charge is -2.56. The van der Waals surface area contributed by atoms with E-state index < -0.39 is 0 Å². The Kier molecular flexibility index (Phi) is 4.44. The summed E-state index contributed by atoms with van der Waals surface area (Å²) in [5.41, 5.74) is 6.58. The highest BCUT2D eigenvalue weighted by Crippen LogP contribution is 2.37. The highest BCUT2D eigenvalue weighted by molar-refractivity contribution is 8.67. The second kappa shape index (κ2) is 6.16. The molecule has 114 valence electrons. The molecule has 2 aliphatic heterocycles. The van der Waals surface area contributed by atoms with Gasteiger partial charge in [0, 0.05) is 31.7 Å². The maximum Gasteiger partial charge on any atom is 0.231 e. The molecule has 0 saturated carbocycles. The molecule has 2 fully saturated rings. The summed E-state index contributed by atoms with van der Waals surface area (Å²) in [5.74, 6) is -0.621. The first-order valence-electron chi connectivity index (χ1n) is 6.98. The van der Waals surface area contributed by atoms with E-state index in [2.05, 4.69) is 16.0 Å². The number of amides is 1. The van der Waals surface area contributed by atoms with Gasteiger partial charge in [0.1, 0.15) is 5.82 Å². The SMILES string of the molecule is NCC(C(=O)N1C2CC1CN(SS)C2)c1ccc(F)cc1. The maximum atomic E-state index is 13.0. The zero-order valence-corrected chi connectivity index (χ0v) is 13.2. The second-order valence-electron chi connectivity index (χ2n) is 5.56. The summed E-state index contributed by atoms with van der Waals surface area (Å²) in [4.78, 5) is 14.7. The number of hydrogen-bond acceptors (Lipinski definition) is 5. The Morgan fingerprint density at radius 2 is 2.00 bits per heavy atom. The van der Waals surface area contributed by atoms with Gasteiger partial charge in [0.15, 0.2) is 0 Å². The molecular formula is C14H18FN3OS2. The van der Waals surface area contributed by atoms with Crippen molar-refractivity contribution in [2.45, 2.75) is 24.4 Å². The summed E-state index contributed by atoms with van der Waals surface area (Å²) < 4.78 is 15.2. The number of likely N-dealkylation sites (tertiary alicyclic amines) is 1. The molecule has 2 aliphatic rings. The number of nitrogens with zero attached hydrogens (tertiary/aromatic N) is 2. The normalized spacial score (nSPS) is 26.3. The van der Waals surface area contributed by atoms with E-state index >= 15 is 0 Å². The minimum absolute atomic E-state index is 0.0640. The molecule has 2 saturated heterocycles. The molecule has 21 heavy (non-hydrogen) atoms. The number of fused-ring (bicyclic) bond motifs is 2. The van der Waals surface area contributed by atoms with Crippen LogP contribution in [0.1, 0.15) is 17.9 Å². The van der Waals surface area contributed by atoms with Crippen LogP contribution in [0.15, 0.2) is 24.3 Å². The number of carbonyl (C=O) groups excluding carboxylic acids is 1. The number of piperazine rings is 1. The zero-order valence-electron chi connectivity index (χ0n) is 11.5. The summed E-state index contributed by atoms with van der Waals surface area (Å²) in [6, 6.07) is 6.56. The summed E-state index contributed by atoms with van der Waals surface area (Å²) in [6.45, 7) is 1.93. The van der Waals surface area contributed by atoms with Gasteiger partial charge in [-0.2, -0.15) is 0 Å². The van der Waals surface area contributed by atoms with Crippen LogP contribution < -0.4 is 5.73 Å². The lowest BCUT2D eigenvalue weighted by atomic mass is 9.85. The van der Waals surface area contributed by atoms with Crippen molar-refractivity contribution in [1.82, 2.24) is 9.21 Å². The van der Waals surface area contributed by atoms with Crippen molar-refractivity contribution in [3.63, 3.8) is 0 Å². The Hall–Kier alpha value is -0.760. The first kappa shape index (κ1) is 15.1. The number of thiol groups is 1. The molecular weight excluding hydrogens is 309 g/mol. The third kappa shape index (κ3) is 2.79. The van der Waals surface area contributed by atoms with Crippen LogP contribution in [0.4, 0.5) is 4.39 Å². The Balaban J connectivity index is 1.74. The molecule has 1 amide bonds. The molecule has 0 spiro atoms. The van der Waals surface area contributed by atoms with E-state index in [1.165, 1.54) is 23.1 Å². The molecule has 0 aliphatic carbocycles. The lowest BCUT2D eigenvalue weighted by Crippen LogP contribution is -2.69. The van der Waals surface area contributed by atoms with Gasteiger partial charge in [-0.1, -0.05) is 23.8 Å². The van der Waals surface area contributed by atoms with Crippen molar-refractivity contribution in [2.75, 3.05) is 19.6 Å². The van der Waals surface area contributed by atoms with Crippen LogP contribution in [0.25, 0.3) is 0 Å². The highest BCUT2D eigenvalue weighted by atomic mass is 33.1. The van der Waals surface area contributed by atoms with Crippen LogP contribution in [-0.2, 0) is 4.79 Å². The maximum absolute atomic E-state index is 13.0. The monoisotopic (exact) mass is 327 g/mol. The van der Waals surface area contributed by atoms with Crippen LogP contribution in [0.3, 0.4) is 0 Å². The third-order valence-corrected chi connectivity index (χ3v) is 5.56. The van der Waals surface area contributed by atoms with Gasteiger partial charge >= 0.3 is 0 Å². The average Bonchev–Trinajstić information content (AvgIpc) is 2.50. The number of piperidine rings is 1. The molecule has 2 heterocycles. The molecule has 4 nitrogen and oxygen atoms in total. The molecule has 7 heteroatoms. The molecule has 3 rings (SSSR count). The van der Waals surface area contributed by atoms with Crippen LogP contribution in [0.5, 0.6) is 0 Å². The molecule has 0 aromatic heterocycles. The first-order valence-corrected chi connectivity index (χ1v) is 8.80. The van der Waals surface area contributed by atoms with Gasteiger partial charge in [0.25, 0.3) is 0 Å². The van der Waals surface area contributed by atoms with E-state index in [1.54, 1.807) is 12.1 Å². The third-order valence-electron chi connectivity index (χ3n) is 4.34. The Morgan fingerprint density at radius 3 is 2.52 bits per heavy atom. The minimum atomic E-state index is -0.383. The van der Waals surface area contributed by atoms with Crippen LogP contribution in [0, 0.1) is 5.82 Å². The quantitative estimate of drug-likeness (QED) is 0.501. The van der Waals surface area contributed by atoms with Crippen molar-refractivity contribution in [3.8, 4) is 0 Å². The number of benzene rings is 1. The van der Waals surface area contributed by atoms with Gasteiger partial charge in [-0.15, -0.1) is 0 Å². The van der Waals surface area contributed by atoms with E-state index in [4.69, 9.17) is 5.73 Å². The predicted molar refractivity (Wildman–Crippen MR) is 85.4 cm³/mol. The zero-order chi connectivity index (χ0) is 15.0. The fraction of sp³-hybridized carbons (Fsp3) is 0.500. The second-order valence-corrected chi connectivity index (χ2v) is 6.73. The standard InChI is InChI=1S/C14H18FN3OS2/c15-10-3-1-9(2-4-10)13(6-16)14(19)18-11-5-12(18)8-17(7-11)21-20/h1-4,11-13,20H,5-8,16H2. The van der Waals surface area contributed by atoms with Gasteiger partial charge in [-0.05, 0) is 35.1 Å². The molecule has 0 radical (unpaired) electrons. The van der Waals surface area contributed by atoms with Gasteiger partial charge in [-0.3, -0.25) is 4.79 Å². The van der Waals surface area contributed by atoms with E-state index in [9.17, 15) is 9.18 Å². The fourth-order valence-electron chi connectivity index (χ4n) is 3.25. The molecule has 3 atom stereocenters. The van der Waals surface area contributed by atoms with Crippen molar-refractivity contribution >= 4 is 28.5 Å². The van der Waals surface area contributed by atoms with Crippen molar-refractivity contribution < 1.29 is 9.18 Å². The van der Waals surface area contributed by atoms with Crippen molar-refractivity contribution in [1.29, 1.82) is 0 Å². The van der Waals surface area contributed by atoms with Gasteiger partial charge in [-0.25, -0.2) is 8.70 Å². The van der Waals surface area contributed by atoms with Gasteiger partial charge < -0.3 is 10.6 Å². The summed E-state index contributed by atoms with van der Waals surface area (Å²) in [6.07, 6.45) is 1.05. The summed E-state index contributed by atoms with van der Waals surface area (Å²) in [5, 5.41) is 0. The molecule has 2 N–H and O–H groups in total. The minimum Gasteiger partial charge on any atom is -0.333 e. The Labute approximate surface area is 132 Å². The number of nitrogens with two attached hydrogens (primary N) is 1. The molecule has 2 bridgehead atoms. The number of hydrogen-bond donors (Lipinski definition) is 2. The van der Waals surface area contributed by atoms with E-state index in [0.717, 1.165) is 25.1 Å². The number of halogens is 1. The van der Waals surface area contributed by atoms with Gasteiger partial charge in [0.05, 0.1) is 5.92 Å². The van der Waals surface area contributed by atoms with Crippen molar-refractivity contribution in [2.24, 2.45) is 5.73 Å². The van der Waals surface area contributed by atoms with Gasteiger partial charge in [0.2, 0.25) is 5.91 Å². The Morgan fingerprint density at radius 1 is 1.38 bits per heavy atom. The lowest BCUT2D eigenvalue weighted by molar-refractivity contribution is -0.151. The topological polar surface area (TPSA) is 49.6 Å². The number of rotatable bonds is 4. The largest absolute Gasteiger partial charge is 0.333 e. The van der Waals surface area contributed by atoms with Crippen LogP contribution >= 0.6 is 22.6 Å². The number of carbonyl (C=O) groups is 1. The fourth-order valence-corrected chi connectivity index (χ4v) is 4.13. The predicted octanol–water partition coefficient (Wildman–Crippen LogP) is 1.65. The highest BCUT2D eigenvalue weighted by Gasteiger charge is 2.48. The summed E-state index contributed by atoms with van der Waals surface area (Å²) in [7, 11) is 1.43. The smallest absolute Gasteiger partial charge is 0.231 e. The molecule has 3 unspecified atom stereocenters. The first-order chi connectivity index (χ1) is 10.1. The van der Waals surface area contributed by atoms with E-state index in [-0.39, 0.29) is 36.3 Å². The summed E-state index contributed by atoms with van der Waals surface area (Å²) >= 11 is 4.22.